The molecule has 0 saturated carbocycles. The Balaban J connectivity index is 2.32. The molecule has 128 valence electrons. The number of alkyl halides is 3. The van der Waals surface area contributed by atoms with Gasteiger partial charge in [0, 0.05) is 6.04 Å². The van der Waals surface area contributed by atoms with Gasteiger partial charge >= 0.3 is 6.18 Å². The number of anilines is 2. The Bertz CT molecular complexity index is 588. The number of aliphatic hydroxyl groups excluding tert-OH is 1. The summed E-state index contributed by atoms with van der Waals surface area (Å²) < 4.78 is 38.1. The summed E-state index contributed by atoms with van der Waals surface area (Å²) in [6, 6.07) is -1.77. The number of aliphatic hydroxyl groups is 1. The molecule has 23 heavy (non-hydrogen) atoms. The molecule has 0 saturated heterocycles. The van der Waals surface area contributed by atoms with Crippen molar-refractivity contribution < 1.29 is 18.3 Å². The highest BCUT2D eigenvalue weighted by Gasteiger charge is 2.36. The minimum Gasteiger partial charge on any atom is -0.389 e. The molecule has 1 aromatic rings. The van der Waals surface area contributed by atoms with Gasteiger partial charge in [0.1, 0.15) is 6.04 Å². The van der Waals surface area contributed by atoms with Crippen molar-refractivity contribution in [2.75, 3.05) is 10.6 Å². The molecule has 1 heterocycles. The van der Waals surface area contributed by atoms with E-state index in [2.05, 4.69) is 25.6 Å². The fourth-order valence-electron chi connectivity index (χ4n) is 2.07. The zero-order valence-electron chi connectivity index (χ0n) is 13.1. The zero-order valence-corrected chi connectivity index (χ0v) is 13.1. The number of rotatable bonds is 5. The van der Waals surface area contributed by atoms with Crippen LogP contribution in [0, 0.1) is 0 Å². The van der Waals surface area contributed by atoms with Crippen molar-refractivity contribution in [2.45, 2.75) is 58.0 Å². The fourth-order valence-corrected chi connectivity index (χ4v) is 2.07. The van der Waals surface area contributed by atoms with Gasteiger partial charge in [0.15, 0.2) is 5.82 Å². The lowest BCUT2D eigenvalue weighted by atomic mass is 10.2. The average molecular weight is 331 g/mol. The van der Waals surface area contributed by atoms with Gasteiger partial charge in [-0.05, 0) is 45.3 Å². The molecular weight excluding hydrogens is 311 g/mol. The van der Waals surface area contributed by atoms with E-state index >= 15 is 0 Å². The zero-order chi connectivity index (χ0) is 17.2. The van der Waals surface area contributed by atoms with Crippen molar-refractivity contribution in [3.8, 4) is 0 Å². The third kappa shape index (κ3) is 4.78. The smallest absolute Gasteiger partial charge is 0.389 e. The molecular formula is C14H20F3N5O. The third-order valence-corrected chi connectivity index (χ3v) is 3.28. The van der Waals surface area contributed by atoms with Crippen molar-refractivity contribution in [3.05, 3.63) is 11.9 Å². The van der Waals surface area contributed by atoms with Crippen molar-refractivity contribution in [1.29, 1.82) is 0 Å². The van der Waals surface area contributed by atoms with Gasteiger partial charge in [-0.1, -0.05) is 0 Å². The van der Waals surface area contributed by atoms with E-state index in [9.17, 15) is 18.3 Å². The lowest BCUT2D eigenvalue weighted by Gasteiger charge is -2.18. The Labute approximate surface area is 132 Å². The highest BCUT2D eigenvalue weighted by atomic mass is 19.4. The summed E-state index contributed by atoms with van der Waals surface area (Å²) in [4.78, 5) is 12.3. The van der Waals surface area contributed by atoms with E-state index < -0.39 is 18.3 Å². The van der Waals surface area contributed by atoms with Crippen LogP contribution in [0.2, 0.25) is 0 Å². The predicted octanol–water partition coefficient (Wildman–Crippen LogP) is 2.59. The molecule has 0 bridgehead atoms. The van der Waals surface area contributed by atoms with E-state index in [1.54, 1.807) is 6.08 Å². The minimum absolute atomic E-state index is 0.0151. The standard InChI is InChI=1S/C14H20F3N5O/c1-7(2)18-12-20-11(9-4-5-10(23)6-9)21-13(22-12)19-8(3)14(15,16)17/h6-8,10,23H,4-5H2,1-3H3,(H2,18,19,20,21,22). The van der Waals surface area contributed by atoms with Crippen LogP contribution in [-0.2, 0) is 0 Å². The van der Waals surface area contributed by atoms with Crippen LogP contribution >= 0.6 is 0 Å². The number of nitrogens with one attached hydrogen (secondary N) is 2. The predicted molar refractivity (Wildman–Crippen MR) is 80.9 cm³/mol. The Morgan fingerprint density at radius 3 is 2.22 bits per heavy atom. The molecule has 0 aromatic carbocycles. The molecule has 0 radical (unpaired) electrons. The first kappa shape index (κ1) is 17.5. The van der Waals surface area contributed by atoms with Gasteiger partial charge in [0.05, 0.1) is 6.10 Å². The molecule has 3 N–H and O–H groups in total. The molecule has 2 atom stereocenters. The molecule has 1 aromatic heterocycles. The third-order valence-electron chi connectivity index (χ3n) is 3.28. The quantitative estimate of drug-likeness (QED) is 0.769. The van der Waals surface area contributed by atoms with Crippen LogP contribution in [0.15, 0.2) is 6.08 Å². The van der Waals surface area contributed by atoms with E-state index in [1.807, 2.05) is 13.8 Å². The molecule has 0 fully saturated rings. The minimum atomic E-state index is -4.40. The Morgan fingerprint density at radius 1 is 1.13 bits per heavy atom. The number of hydrogen-bond donors (Lipinski definition) is 3. The summed E-state index contributed by atoms with van der Waals surface area (Å²) in [6.07, 6.45) is -2.24. The monoisotopic (exact) mass is 331 g/mol. The van der Waals surface area contributed by atoms with E-state index in [-0.39, 0.29) is 23.8 Å². The van der Waals surface area contributed by atoms with Gasteiger partial charge < -0.3 is 15.7 Å². The van der Waals surface area contributed by atoms with Gasteiger partial charge in [-0.25, -0.2) is 0 Å². The van der Waals surface area contributed by atoms with Crippen LogP contribution in [-0.4, -0.2) is 44.4 Å². The maximum absolute atomic E-state index is 12.7. The van der Waals surface area contributed by atoms with Crippen molar-refractivity contribution in [3.63, 3.8) is 0 Å². The first-order valence-corrected chi connectivity index (χ1v) is 7.40. The summed E-state index contributed by atoms with van der Waals surface area (Å²) in [6.45, 7) is 4.73. The van der Waals surface area contributed by atoms with Crippen molar-refractivity contribution in [1.82, 2.24) is 15.0 Å². The van der Waals surface area contributed by atoms with Crippen LogP contribution in [0.4, 0.5) is 25.1 Å². The second-order valence-corrected chi connectivity index (χ2v) is 5.81. The molecule has 0 amide bonds. The van der Waals surface area contributed by atoms with Crippen LogP contribution in [0.5, 0.6) is 0 Å². The number of nitrogens with zero attached hydrogens (tertiary/aromatic N) is 3. The first-order valence-electron chi connectivity index (χ1n) is 7.40. The lowest BCUT2D eigenvalue weighted by molar-refractivity contribution is -0.138. The van der Waals surface area contributed by atoms with E-state index in [4.69, 9.17) is 0 Å². The molecule has 2 unspecified atom stereocenters. The van der Waals surface area contributed by atoms with Gasteiger partial charge in [0.2, 0.25) is 11.9 Å². The van der Waals surface area contributed by atoms with Crippen LogP contribution in [0.3, 0.4) is 0 Å². The topological polar surface area (TPSA) is 83.0 Å². The van der Waals surface area contributed by atoms with Crippen LogP contribution < -0.4 is 10.6 Å². The fraction of sp³-hybridized carbons (Fsp3) is 0.643. The molecule has 1 aliphatic rings. The molecule has 1 aliphatic carbocycles. The Hall–Kier alpha value is -1.90. The summed E-state index contributed by atoms with van der Waals surface area (Å²) in [7, 11) is 0. The first-order chi connectivity index (χ1) is 10.6. The molecule has 0 aliphatic heterocycles. The SMILES string of the molecule is CC(C)Nc1nc(NC(C)C(F)(F)F)nc(C2=CC(O)CC2)n1. The number of aromatic nitrogens is 3. The maximum Gasteiger partial charge on any atom is 0.408 e. The largest absolute Gasteiger partial charge is 0.408 e. The van der Waals surface area contributed by atoms with Gasteiger partial charge in [0.25, 0.3) is 0 Å². The molecule has 9 heteroatoms. The van der Waals surface area contributed by atoms with Crippen molar-refractivity contribution >= 4 is 17.5 Å². The number of halogens is 3. The van der Waals surface area contributed by atoms with Gasteiger partial charge in [-0.3, -0.25) is 0 Å². The van der Waals surface area contributed by atoms with Gasteiger partial charge in [-0.2, -0.15) is 28.1 Å². The van der Waals surface area contributed by atoms with Crippen LogP contribution in [0.25, 0.3) is 5.57 Å². The molecule has 0 spiro atoms. The second-order valence-electron chi connectivity index (χ2n) is 5.81. The number of hydrogen-bond acceptors (Lipinski definition) is 6. The highest BCUT2D eigenvalue weighted by molar-refractivity contribution is 5.64. The highest BCUT2D eigenvalue weighted by Crippen LogP contribution is 2.27. The lowest BCUT2D eigenvalue weighted by Crippen LogP contribution is -2.34. The Kier molecular flexibility index (Phi) is 5.08. The summed E-state index contributed by atoms with van der Waals surface area (Å²) in [5.41, 5.74) is 0.703. The van der Waals surface area contributed by atoms with E-state index in [0.717, 1.165) is 6.92 Å². The normalized spacial score (nSPS) is 19.7. The molecule has 6 nitrogen and oxygen atoms in total. The molecule has 2 rings (SSSR count). The Morgan fingerprint density at radius 2 is 1.74 bits per heavy atom. The van der Waals surface area contributed by atoms with Crippen LogP contribution in [0.1, 0.15) is 39.4 Å². The summed E-state index contributed by atoms with van der Waals surface area (Å²) in [5.74, 6) is 0.325. The average Bonchev–Trinajstić information content (AvgIpc) is 2.83. The van der Waals surface area contributed by atoms with Crippen molar-refractivity contribution in [2.24, 2.45) is 0 Å². The summed E-state index contributed by atoms with van der Waals surface area (Å²) in [5, 5.41) is 14.8. The van der Waals surface area contributed by atoms with E-state index in [1.165, 1.54) is 0 Å². The van der Waals surface area contributed by atoms with Gasteiger partial charge in [-0.15, -0.1) is 0 Å². The second kappa shape index (κ2) is 6.69. The maximum atomic E-state index is 12.7. The van der Waals surface area contributed by atoms with E-state index in [0.29, 0.717) is 18.4 Å². The number of allylic oxidation sites excluding steroid dienone is 1. The summed E-state index contributed by atoms with van der Waals surface area (Å²) >= 11 is 0.